The van der Waals surface area contributed by atoms with Crippen molar-refractivity contribution in [1.29, 1.82) is 0 Å². The van der Waals surface area contributed by atoms with Gasteiger partial charge in [-0.2, -0.15) is 0 Å². The van der Waals surface area contributed by atoms with E-state index in [9.17, 15) is 24.6 Å². The molecule has 1 N–H and O–H groups in total. The summed E-state index contributed by atoms with van der Waals surface area (Å²) in [6, 6.07) is 0. The molecule has 74 valence electrons. The van der Waals surface area contributed by atoms with Crippen LogP contribution in [0.5, 0.6) is 0 Å². The number of hydrogen-bond donors (Lipinski definition) is 1. The Morgan fingerprint density at radius 3 is 1.57 bits per heavy atom. The summed E-state index contributed by atoms with van der Waals surface area (Å²) in [6.07, 6.45) is 0. The second kappa shape index (κ2) is 8.18. The quantitative estimate of drug-likeness (QED) is 0.485. The van der Waals surface area contributed by atoms with Crippen molar-refractivity contribution in [1.82, 2.24) is 4.90 Å². The molecule has 0 aromatic carbocycles. The van der Waals surface area contributed by atoms with E-state index < -0.39 is 37.5 Å². The fourth-order valence-corrected chi connectivity index (χ4v) is 0.724. The monoisotopic (exact) mass is 277 g/mol. The molecule has 0 fully saturated rings. The van der Waals surface area contributed by atoms with Gasteiger partial charge in [0.15, 0.2) is 0 Å². The summed E-state index contributed by atoms with van der Waals surface area (Å²) in [5.74, 6) is -4.40. The molecule has 0 amide bonds. The van der Waals surface area contributed by atoms with E-state index in [2.05, 4.69) is 0 Å². The molecule has 0 rings (SSSR count). The summed E-state index contributed by atoms with van der Waals surface area (Å²) in [5, 5.41) is 28.3. The molecule has 0 saturated heterocycles. The van der Waals surface area contributed by atoms with Gasteiger partial charge in [0.05, 0.1) is 18.5 Å². The van der Waals surface area contributed by atoms with Crippen LogP contribution in [0.15, 0.2) is 0 Å². The number of nitrogens with zero attached hydrogens (tertiary/aromatic N) is 1. The molecule has 0 aliphatic carbocycles. The smallest absolute Gasteiger partial charge is 0.549 e. The van der Waals surface area contributed by atoms with E-state index in [1.165, 1.54) is 0 Å². The minimum atomic E-state index is -1.54. The molecule has 0 aliphatic heterocycles. The normalized spacial score (nSPS) is 9.21. The van der Waals surface area contributed by atoms with E-state index in [1.54, 1.807) is 0 Å². The Morgan fingerprint density at radius 2 is 1.36 bits per heavy atom. The van der Waals surface area contributed by atoms with Gasteiger partial charge in [-0.15, -0.1) is 0 Å². The van der Waals surface area contributed by atoms with Crippen LogP contribution in [0.2, 0.25) is 0 Å². The number of rotatable bonds is 6. The SMILES string of the molecule is O=C([O-])CN(CC(=O)[O-])CC(=O)O.[Sr+2]. The van der Waals surface area contributed by atoms with Crippen LogP contribution in [0.25, 0.3) is 0 Å². The van der Waals surface area contributed by atoms with Crippen molar-refractivity contribution in [3.05, 3.63) is 0 Å². The fourth-order valence-electron chi connectivity index (χ4n) is 0.724. The molecule has 0 aliphatic rings. The number of carboxylic acid groups (broad SMARTS) is 3. The Balaban J connectivity index is 0. The molecule has 14 heavy (non-hydrogen) atoms. The van der Waals surface area contributed by atoms with Gasteiger partial charge in [-0.05, 0) is 0 Å². The van der Waals surface area contributed by atoms with Crippen LogP contribution < -0.4 is 10.2 Å². The predicted octanol–water partition coefficient (Wildman–Crippen LogP) is -4.51. The predicted molar refractivity (Wildman–Crippen MR) is 39.8 cm³/mol. The maximum absolute atomic E-state index is 10.1. The summed E-state index contributed by atoms with van der Waals surface area (Å²) in [5.41, 5.74) is 0. The molecule has 0 spiro atoms. The van der Waals surface area contributed by atoms with Crippen molar-refractivity contribution in [2.24, 2.45) is 0 Å². The first kappa shape index (κ1) is 16.3. The average molecular weight is 277 g/mol. The summed E-state index contributed by atoms with van der Waals surface area (Å²) in [7, 11) is 0. The zero-order chi connectivity index (χ0) is 10.4. The van der Waals surface area contributed by atoms with Gasteiger partial charge in [-0.25, -0.2) is 0 Å². The van der Waals surface area contributed by atoms with Crippen LogP contribution in [-0.2, 0) is 14.4 Å². The van der Waals surface area contributed by atoms with Crippen LogP contribution in [0.3, 0.4) is 0 Å². The summed E-state index contributed by atoms with van der Waals surface area (Å²) >= 11 is 0. The Kier molecular flexibility index (Phi) is 9.52. The first-order valence-corrected chi connectivity index (χ1v) is 3.25. The number of aliphatic carboxylic acids is 3. The molecule has 0 unspecified atom stereocenters. The molecule has 0 bridgehead atoms. The van der Waals surface area contributed by atoms with Crippen LogP contribution in [0.4, 0.5) is 0 Å². The van der Waals surface area contributed by atoms with E-state index in [-0.39, 0.29) is 45.5 Å². The van der Waals surface area contributed by atoms with Crippen LogP contribution in [0.1, 0.15) is 0 Å². The third kappa shape index (κ3) is 9.93. The molecule has 0 radical (unpaired) electrons. The molecule has 8 heteroatoms. The Hall–Kier alpha value is -0.149. The molecule has 0 atom stereocenters. The standard InChI is InChI=1S/C6H9NO6.Sr/c8-4(9)1-7(2-5(10)11)3-6(12)13;/h1-3H2,(H,8,9)(H,10,11)(H,12,13);/q;+2/p-2. The van der Waals surface area contributed by atoms with Crippen LogP contribution in [0, 0.1) is 0 Å². The molecule has 0 aromatic rings. The van der Waals surface area contributed by atoms with Gasteiger partial charge >= 0.3 is 51.5 Å². The van der Waals surface area contributed by atoms with Gasteiger partial charge in [0, 0.05) is 13.1 Å². The van der Waals surface area contributed by atoms with Gasteiger partial charge < -0.3 is 24.9 Å². The van der Waals surface area contributed by atoms with Crippen molar-refractivity contribution in [2.75, 3.05) is 19.6 Å². The zero-order valence-electron chi connectivity index (χ0n) is 7.26. The van der Waals surface area contributed by atoms with Gasteiger partial charge in [0.25, 0.3) is 0 Å². The Labute approximate surface area is 117 Å². The first-order chi connectivity index (χ1) is 5.91. The van der Waals surface area contributed by atoms with Crippen molar-refractivity contribution >= 4 is 63.4 Å². The van der Waals surface area contributed by atoms with E-state index in [0.717, 1.165) is 0 Å². The maximum Gasteiger partial charge on any atom is 2.00 e. The Bertz CT molecular complexity index is 192. The molecule has 7 nitrogen and oxygen atoms in total. The number of hydrogen-bond acceptors (Lipinski definition) is 6. The summed E-state index contributed by atoms with van der Waals surface area (Å²) < 4.78 is 0. The first-order valence-electron chi connectivity index (χ1n) is 3.25. The van der Waals surface area contributed by atoms with Gasteiger partial charge in [0.1, 0.15) is 0 Å². The van der Waals surface area contributed by atoms with Crippen molar-refractivity contribution in [2.45, 2.75) is 0 Å². The second-order valence-electron chi connectivity index (χ2n) is 2.28. The molecule has 0 aromatic heterocycles. The van der Waals surface area contributed by atoms with Crippen LogP contribution in [-0.4, -0.2) is 93.0 Å². The molecule has 0 saturated carbocycles. The summed E-state index contributed by atoms with van der Waals surface area (Å²) in [6.45, 7) is -2.18. The second-order valence-corrected chi connectivity index (χ2v) is 2.28. The Morgan fingerprint density at radius 1 is 1.00 bits per heavy atom. The largest absolute Gasteiger partial charge is 2.00 e. The maximum atomic E-state index is 10.1. The van der Waals surface area contributed by atoms with Crippen molar-refractivity contribution in [3.63, 3.8) is 0 Å². The molecular weight excluding hydrogens is 270 g/mol. The third-order valence-corrected chi connectivity index (χ3v) is 1.06. The molecule has 0 heterocycles. The number of carbonyl (C=O) groups is 3. The average Bonchev–Trinajstić information content (AvgIpc) is 1.80. The van der Waals surface area contributed by atoms with E-state index in [0.29, 0.717) is 4.90 Å². The minimum Gasteiger partial charge on any atom is -0.549 e. The van der Waals surface area contributed by atoms with E-state index in [1.807, 2.05) is 0 Å². The summed E-state index contributed by atoms with van der Waals surface area (Å²) in [4.78, 5) is 30.8. The zero-order valence-corrected chi connectivity index (χ0v) is 10.7. The van der Waals surface area contributed by atoms with Crippen molar-refractivity contribution < 1.29 is 29.7 Å². The van der Waals surface area contributed by atoms with E-state index in [4.69, 9.17) is 5.11 Å². The minimum absolute atomic E-state index is 0. The fraction of sp³-hybridized carbons (Fsp3) is 0.500. The van der Waals surface area contributed by atoms with Gasteiger partial charge in [0.2, 0.25) is 0 Å². The van der Waals surface area contributed by atoms with Crippen LogP contribution >= 0.6 is 0 Å². The van der Waals surface area contributed by atoms with Gasteiger partial charge in [-0.1, -0.05) is 0 Å². The number of carboxylic acids is 3. The third-order valence-electron chi connectivity index (χ3n) is 1.06. The molecular formula is C6H7NO6Sr. The van der Waals surface area contributed by atoms with Gasteiger partial charge in [-0.3, -0.25) is 9.69 Å². The number of carbonyl (C=O) groups excluding carboxylic acids is 2. The topological polar surface area (TPSA) is 121 Å². The van der Waals surface area contributed by atoms with Crippen molar-refractivity contribution in [3.8, 4) is 0 Å². The van der Waals surface area contributed by atoms with E-state index >= 15 is 0 Å².